The van der Waals surface area contributed by atoms with Crippen LogP contribution in [0.4, 0.5) is 8.78 Å². The van der Waals surface area contributed by atoms with Crippen molar-refractivity contribution in [3.8, 4) is 0 Å². The van der Waals surface area contributed by atoms with Crippen LogP contribution in [0, 0.1) is 13.8 Å². The van der Waals surface area contributed by atoms with Crippen LogP contribution in [-0.4, -0.2) is 41.3 Å². The number of allylic oxidation sites excluding steroid dienone is 4. The predicted octanol–water partition coefficient (Wildman–Crippen LogP) is 5.98. The number of aromatic nitrogens is 3. The summed E-state index contributed by atoms with van der Waals surface area (Å²) in [6.45, 7) is 4.95. The van der Waals surface area contributed by atoms with Gasteiger partial charge in [-0.3, -0.25) is 4.99 Å². The monoisotopic (exact) mass is 486 g/mol. The molecule has 2 aromatic heterocycles. The highest BCUT2D eigenvalue weighted by molar-refractivity contribution is 5.87. The smallest absolute Gasteiger partial charge is 0.345 e. The van der Waals surface area contributed by atoms with Crippen molar-refractivity contribution in [1.29, 1.82) is 0 Å². The molecule has 0 radical (unpaired) electrons. The van der Waals surface area contributed by atoms with E-state index in [0.717, 1.165) is 76.9 Å². The number of hydrogen-bond donors (Lipinski definition) is 0. The lowest BCUT2D eigenvalue weighted by atomic mass is 9.72. The SMILES string of the molecule is COC1=C(c2c(C)noc2C)C=C2N=Cc3nc(C4CCCC4)n([C@@H](C)COC(F)F)c3C2(C)C1. The number of hydrogen-bond acceptors (Lipinski definition) is 6. The molecule has 1 unspecified atom stereocenters. The first-order valence-electron chi connectivity index (χ1n) is 12.2. The molecule has 0 aromatic carbocycles. The van der Waals surface area contributed by atoms with E-state index < -0.39 is 12.0 Å². The van der Waals surface area contributed by atoms with Gasteiger partial charge in [0.2, 0.25) is 0 Å². The van der Waals surface area contributed by atoms with E-state index in [4.69, 9.17) is 24.0 Å². The standard InChI is InChI=1S/C26H32F2N4O3/c1-14(13-34-25(27)28)32-23-19(30-24(32)17-8-6-7-9-17)12-29-21-10-18(20(33-5)11-26(21,23)4)22-15(2)31-35-16(22)3/h10,12,14,17,25H,6-9,11,13H2,1-5H3/t14-,26?/m0/s1. The number of fused-ring (bicyclic) bond motifs is 3. The van der Waals surface area contributed by atoms with Crippen LogP contribution in [0.15, 0.2) is 27.0 Å². The molecule has 35 heavy (non-hydrogen) atoms. The first-order chi connectivity index (χ1) is 16.7. The Bertz CT molecular complexity index is 1200. The van der Waals surface area contributed by atoms with Crippen molar-refractivity contribution >= 4 is 11.8 Å². The topological polar surface area (TPSA) is 74.7 Å². The lowest BCUT2D eigenvalue weighted by molar-refractivity contribution is -0.135. The molecule has 0 N–H and O–H groups in total. The van der Waals surface area contributed by atoms with Crippen molar-refractivity contribution in [2.24, 2.45) is 4.99 Å². The maximum Gasteiger partial charge on any atom is 0.345 e. The Morgan fingerprint density at radius 2 is 2.00 bits per heavy atom. The van der Waals surface area contributed by atoms with Gasteiger partial charge >= 0.3 is 6.61 Å². The fourth-order valence-corrected chi connectivity index (χ4v) is 5.97. The van der Waals surface area contributed by atoms with E-state index in [2.05, 4.69) is 16.6 Å². The van der Waals surface area contributed by atoms with Crippen molar-refractivity contribution in [1.82, 2.24) is 14.7 Å². The van der Waals surface area contributed by atoms with Crippen molar-refractivity contribution < 1.29 is 22.8 Å². The Kier molecular flexibility index (Phi) is 6.15. The van der Waals surface area contributed by atoms with E-state index >= 15 is 0 Å². The van der Waals surface area contributed by atoms with E-state index in [-0.39, 0.29) is 12.6 Å². The molecule has 3 aliphatic rings. The summed E-state index contributed by atoms with van der Waals surface area (Å²) in [5, 5.41) is 4.12. The Morgan fingerprint density at radius 3 is 2.63 bits per heavy atom. The molecule has 1 saturated carbocycles. The molecule has 188 valence electrons. The average Bonchev–Trinajstić information content (AvgIpc) is 3.56. The van der Waals surface area contributed by atoms with Crippen molar-refractivity contribution in [2.45, 2.75) is 83.8 Å². The van der Waals surface area contributed by atoms with Gasteiger partial charge in [0.25, 0.3) is 0 Å². The summed E-state index contributed by atoms with van der Waals surface area (Å²) in [4.78, 5) is 9.86. The zero-order valence-electron chi connectivity index (χ0n) is 20.9. The van der Waals surface area contributed by atoms with Crippen LogP contribution in [0.5, 0.6) is 0 Å². The highest BCUT2D eigenvalue weighted by atomic mass is 19.3. The molecule has 0 spiro atoms. The largest absolute Gasteiger partial charge is 0.500 e. The van der Waals surface area contributed by atoms with E-state index in [1.807, 2.05) is 26.8 Å². The van der Waals surface area contributed by atoms with Crippen LogP contribution in [-0.2, 0) is 14.9 Å². The lowest BCUT2D eigenvalue weighted by Gasteiger charge is -2.39. The van der Waals surface area contributed by atoms with Gasteiger partial charge in [0.05, 0.1) is 54.0 Å². The number of halogens is 2. The third-order valence-corrected chi connectivity index (χ3v) is 7.65. The van der Waals surface area contributed by atoms with Crippen LogP contribution < -0.4 is 0 Å². The van der Waals surface area contributed by atoms with Crippen LogP contribution in [0.25, 0.3) is 5.57 Å². The molecule has 2 aliphatic carbocycles. The third-order valence-electron chi connectivity index (χ3n) is 7.65. The molecular formula is C26H32F2N4O3. The summed E-state index contributed by atoms with van der Waals surface area (Å²) >= 11 is 0. The molecular weight excluding hydrogens is 454 g/mol. The second kappa shape index (κ2) is 9.00. The van der Waals surface area contributed by atoms with Crippen molar-refractivity contribution in [2.75, 3.05) is 13.7 Å². The Hall–Kier alpha value is -2.81. The number of imidazole rings is 1. The van der Waals surface area contributed by atoms with E-state index in [9.17, 15) is 8.78 Å². The summed E-state index contributed by atoms with van der Waals surface area (Å²) in [6.07, 6.45) is 8.80. The molecule has 7 nitrogen and oxygen atoms in total. The van der Waals surface area contributed by atoms with Gasteiger partial charge in [-0.05, 0) is 46.6 Å². The molecule has 0 bridgehead atoms. The van der Waals surface area contributed by atoms with Crippen molar-refractivity contribution in [3.05, 3.63) is 51.8 Å². The van der Waals surface area contributed by atoms with E-state index in [0.29, 0.717) is 12.3 Å². The fraction of sp³-hybridized carbons (Fsp3) is 0.577. The van der Waals surface area contributed by atoms with Gasteiger partial charge in [-0.1, -0.05) is 18.0 Å². The number of ether oxygens (including phenoxy) is 2. The van der Waals surface area contributed by atoms with Crippen LogP contribution in [0.3, 0.4) is 0 Å². The zero-order valence-corrected chi connectivity index (χ0v) is 20.9. The van der Waals surface area contributed by atoms with Gasteiger partial charge in [0.15, 0.2) is 0 Å². The molecule has 9 heteroatoms. The molecule has 2 atom stereocenters. The van der Waals surface area contributed by atoms with Crippen LogP contribution in [0.1, 0.15) is 92.1 Å². The number of nitrogens with zero attached hydrogens (tertiary/aromatic N) is 4. The zero-order chi connectivity index (χ0) is 24.9. The minimum Gasteiger partial charge on any atom is -0.500 e. The normalized spacial score (nSPS) is 23.0. The van der Waals surface area contributed by atoms with Gasteiger partial charge in [-0.25, -0.2) is 4.98 Å². The number of aliphatic imine (C=N–C) groups is 1. The third kappa shape index (κ3) is 3.93. The minimum absolute atomic E-state index is 0.0935. The summed E-state index contributed by atoms with van der Waals surface area (Å²) in [6, 6.07) is -0.306. The minimum atomic E-state index is -2.81. The quantitative estimate of drug-likeness (QED) is 0.481. The Morgan fingerprint density at radius 1 is 1.26 bits per heavy atom. The van der Waals surface area contributed by atoms with Crippen molar-refractivity contribution in [3.63, 3.8) is 0 Å². The van der Waals surface area contributed by atoms with Gasteiger partial charge in [0, 0.05) is 17.9 Å². The molecule has 5 rings (SSSR count). The molecule has 3 heterocycles. The van der Waals surface area contributed by atoms with Gasteiger partial charge in [0.1, 0.15) is 23.0 Å². The number of alkyl halides is 2. The van der Waals surface area contributed by atoms with Crippen LogP contribution in [0.2, 0.25) is 0 Å². The second-order valence-corrected chi connectivity index (χ2v) is 10.0. The second-order valence-electron chi connectivity index (χ2n) is 10.0. The van der Waals surface area contributed by atoms with Gasteiger partial charge < -0.3 is 18.6 Å². The Labute approximate surface area is 203 Å². The van der Waals surface area contributed by atoms with Gasteiger partial charge in [-0.2, -0.15) is 8.78 Å². The highest BCUT2D eigenvalue weighted by Gasteiger charge is 2.46. The maximum atomic E-state index is 12.9. The number of methoxy groups -OCH3 is 1. The van der Waals surface area contributed by atoms with Gasteiger partial charge in [-0.15, -0.1) is 0 Å². The fourth-order valence-electron chi connectivity index (χ4n) is 5.97. The number of aryl methyl sites for hydroxylation is 2. The summed E-state index contributed by atoms with van der Waals surface area (Å²) in [5.41, 5.74) is 4.73. The lowest BCUT2D eigenvalue weighted by Crippen LogP contribution is -2.35. The molecule has 0 amide bonds. The highest BCUT2D eigenvalue weighted by Crippen LogP contribution is 2.50. The molecule has 0 saturated heterocycles. The predicted molar refractivity (Wildman–Crippen MR) is 128 cm³/mol. The summed E-state index contributed by atoms with van der Waals surface area (Å²) in [5.74, 6) is 2.78. The number of rotatable bonds is 7. The first-order valence-corrected chi connectivity index (χ1v) is 12.2. The Balaban J connectivity index is 1.64. The maximum absolute atomic E-state index is 12.9. The average molecular weight is 487 g/mol. The van der Waals surface area contributed by atoms with E-state index in [1.165, 1.54) is 0 Å². The van der Waals surface area contributed by atoms with E-state index in [1.54, 1.807) is 13.3 Å². The molecule has 1 aliphatic heterocycles. The van der Waals surface area contributed by atoms with Crippen LogP contribution >= 0.6 is 0 Å². The summed E-state index contributed by atoms with van der Waals surface area (Å²) < 4.78 is 44.1. The molecule has 2 aromatic rings. The summed E-state index contributed by atoms with van der Waals surface area (Å²) in [7, 11) is 1.67. The first kappa shape index (κ1) is 23.9. The molecule has 1 fully saturated rings.